The number of pyridine rings is 1. The normalized spacial score (nSPS) is 31.2. The van der Waals surface area contributed by atoms with Crippen molar-refractivity contribution in [2.75, 3.05) is 6.54 Å². The zero-order valence-electron chi connectivity index (χ0n) is 11.5. The summed E-state index contributed by atoms with van der Waals surface area (Å²) in [5.41, 5.74) is 0.747. The van der Waals surface area contributed by atoms with Gasteiger partial charge in [-0.15, -0.1) is 0 Å². The van der Waals surface area contributed by atoms with Crippen molar-refractivity contribution in [3.8, 4) is 0 Å². The van der Waals surface area contributed by atoms with Crippen molar-refractivity contribution < 1.29 is 14.3 Å². The van der Waals surface area contributed by atoms with Gasteiger partial charge < -0.3 is 5.11 Å². The largest absolute Gasteiger partial charge is 0.480 e. The summed E-state index contributed by atoms with van der Waals surface area (Å²) in [6, 6.07) is 0.885. The Morgan fingerprint density at radius 2 is 2.30 bits per heavy atom. The zero-order chi connectivity index (χ0) is 14.3. The molecule has 0 aromatic carbocycles. The minimum Gasteiger partial charge on any atom is -0.480 e. The molecular formula is C15H19FN2O2. The highest BCUT2D eigenvalue weighted by molar-refractivity contribution is 5.74. The Kier molecular flexibility index (Phi) is 3.46. The first kappa shape index (κ1) is 13.5. The number of nitrogens with zero attached hydrogens (tertiary/aromatic N) is 2. The van der Waals surface area contributed by atoms with Crippen LogP contribution in [-0.4, -0.2) is 33.5 Å². The van der Waals surface area contributed by atoms with Gasteiger partial charge in [-0.2, -0.15) is 0 Å². The molecular weight excluding hydrogens is 259 g/mol. The average molecular weight is 278 g/mol. The Morgan fingerprint density at radius 3 is 3.00 bits per heavy atom. The van der Waals surface area contributed by atoms with Crippen LogP contribution in [-0.2, 0) is 4.79 Å². The number of aromatic nitrogens is 1. The number of likely N-dealkylation sites (tertiary alicyclic amines) is 1. The van der Waals surface area contributed by atoms with E-state index in [0.717, 1.165) is 31.4 Å². The van der Waals surface area contributed by atoms with Crippen LogP contribution < -0.4 is 0 Å². The summed E-state index contributed by atoms with van der Waals surface area (Å²) in [6.07, 6.45) is 6.03. The highest BCUT2D eigenvalue weighted by atomic mass is 19.1. The molecule has 2 fully saturated rings. The van der Waals surface area contributed by atoms with Crippen molar-refractivity contribution in [1.29, 1.82) is 0 Å². The van der Waals surface area contributed by atoms with E-state index in [2.05, 4.69) is 4.98 Å². The molecule has 1 aromatic rings. The predicted octanol–water partition coefficient (Wildman–Crippen LogP) is 2.47. The first-order valence-corrected chi connectivity index (χ1v) is 7.17. The van der Waals surface area contributed by atoms with Gasteiger partial charge in [-0.3, -0.25) is 14.7 Å². The minimum atomic E-state index is -0.754. The molecule has 20 heavy (non-hydrogen) atoms. The fraction of sp³-hybridized carbons (Fsp3) is 0.600. The molecule has 1 saturated carbocycles. The summed E-state index contributed by atoms with van der Waals surface area (Å²) in [4.78, 5) is 17.5. The maximum absolute atomic E-state index is 13.3. The third-order valence-electron chi connectivity index (χ3n) is 4.88. The lowest BCUT2D eigenvalue weighted by molar-refractivity contribution is -0.144. The summed E-state index contributed by atoms with van der Waals surface area (Å²) in [6.45, 7) is 2.73. The van der Waals surface area contributed by atoms with Gasteiger partial charge in [0.15, 0.2) is 0 Å². The van der Waals surface area contributed by atoms with Gasteiger partial charge in [0.05, 0.1) is 6.20 Å². The van der Waals surface area contributed by atoms with Crippen LogP contribution >= 0.6 is 0 Å². The summed E-state index contributed by atoms with van der Waals surface area (Å²) in [5.74, 6) is -0.409. The second-order valence-electron chi connectivity index (χ2n) is 5.95. The van der Waals surface area contributed by atoms with Crippen molar-refractivity contribution in [3.63, 3.8) is 0 Å². The van der Waals surface area contributed by atoms with Gasteiger partial charge in [0.2, 0.25) is 0 Å². The standard InChI is InChI=1S/C15H19FN2O2/c1-9(11-5-12(16)7-17-6-11)18-8-10-3-2-4-13(10)14(18)15(19)20/h5-7,9-10,13-14H,2-4,8H2,1H3,(H,19,20). The molecule has 1 aliphatic carbocycles. The first-order valence-electron chi connectivity index (χ1n) is 7.17. The van der Waals surface area contributed by atoms with Gasteiger partial charge in [-0.05, 0) is 43.2 Å². The number of halogens is 1. The van der Waals surface area contributed by atoms with Crippen LogP contribution in [0, 0.1) is 17.7 Å². The van der Waals surface area contributed by atoms with E-state index in [1.165, 1.54) is 12.3 Å². The molecule has 1 aromatic heterocycles. The summed E-state index contributed by atoms with van der Waals surface area (Å²) in [7, 11) is 0. The molecule has 1 N–H and O–H groups in total. The molecule has 2 heterocycles. The van der Waals surface area contributed by atoms with Crippen molar-refractivity contribution in [2.45, 2.75) is 38.3 Å². The molecule has 3 rings (SSSR count). The highest BCUT2D eigenvalue weighted by Gasteiger charge is 2.49. The van der Waals surface area contributed by atoms with E-state index in [4.69, 9.17) is 0 Å². The number of rotatable bonds is 3. The van der Waals surface area contributed by atoms with E-state index in [0.29, 0.717) is 5.92 Å². The van der Waals surface area contributed by atoms with Crippen molar-refractivity contribution in [1.82, 2.24) is 9.88 Å². The quantitative estimate of drug-likeness (QED) is 0.923. The van der Waals surface area contributed by atoms with E-state index in [1.54, 1.807) is 6.20 Å². The summed E-state index contributed by atoms with van der Waals surface area (Å²) in [5, 5.41) is 9.55. The maximum atomic E-state index is 13.3. The zero-order valence-corrected chi connectivity index (χ0v) is 11.5. The summed E-state index contributed by atoms with van der Waals surface area (Å²) >= 11 is 0. The van der Waals surface area contributed by atoms with Crippen LogP contribution in [0.3, 0.4) is 0 Å². The van der Waals surface area contributed by atoms with Gasteiger partial charge in [0.25, 0.3) is 0 Å². The fourth-order valence-electron chi connectivity index (χ4n) is 3.91. The van der Waals surface area contributed by atoms with Crippen molar-refractivity contribution in [3.05, 3.63) is 29.8 Å². The third-order valence-corrected chi connectivity index (χ3v) is 4.88. The number of hydrogen-bond acceptors (Lipinski definition) is 3. The lowest BCUT2D eigenvalue weighted by atomic mass is 9.94. The number of hydrogen-bond donors (Lipinski definition) is 1. The Morgan fingerprint density at radius 1 is 1.50 bits per heavy atom. The molecule has 0 amide bonds. The molecule has 2 aliphatic rings. The Hall–Kier alpha value is -1.49. The molecule has 4 atom stereocenters. The van der Waals surface area contributed by atoms with Gasteiger partial charge in [-0.1, -0.05) is 6.42 Å². The number of aliphatic carboxylic acids is 1. The molecule has 1 saturated heterocycles. The average Bonchev–Trinajstić information content (AvgIpc) is 2.96. The van der Waals surface area contributed by atoms with Crippen LogP contribution in [0.4, 0.5) is 4.39 Å². The monoisotopic (exact) mass is 278 g/mol. The topological polar surface area (TPSA) is 53.4 Å². The van der Waals surface area contributed by atoms with E-state index >= 15 is 0 Å². The molecule has 108 valence electrons. The van der Waals surface area contributed by atoms with Gasteiger partial charge in [0, 0.05) is 18.8 Å². The minimum absolute atomic E-state index is 0.120. The Bertz CT molecular complexity index is 522. The fourth-order valence-corrected chi connectivity index (χ4v) is 3.91. The predicted molar refractivity (Wildman–Crippen MR) is 71.6 cm³/mol. The number of carbonyl (C=O) groups is 1. The van der Waals surface area contributed by atoms with Gasteiger partial charge >= 0.3 is 5.97 Å². The number of carboxylic acid groups (broad SMARTS) is 1. The third kappa shape index (κ3) is 2.20. The Balaban J connectivity index is 1.87. The van der Waals surface area contributed by atoms with Gasteiger partial charge in [0.1, 0.15) is 11.9 Å². The van der Waals surface area contributed by atoms with Gasteiger partial charge in [-0.25, -0.2) is 4.39 Å². The van der Waals surface area contributed by atoms with E-state index in [1.807, 2.05) is 11.8 Å². The van der Waals surface area contributed by atoms with Crippen molar-refractivity contribution >= 4 is 5.97 Å². The van der Waals surface area contributed by atoms with Crippen LogP contribution in [0.15, 0.2) is 18.5 Å². The van der Waals surface area contributed by atoms with Crippen LogP contribution in [0.2, 0.25) is 0 Å². The molecule has 4 unspecified atom stereocenters. The number of carboxylic acids is 1. The molecule has 0 bridgehead atoms. The maximum Gasteiger partial charge on any atom is 0.321 e. The smallest absolute Gasteiger partial charge is 0.321 e. The lowest BCUT2D eigenvalue weighted by Crippen LogP contribution is -2.41. The first-order chi connectivity index (χ1) is 9.58. The molecule has 0 radical (unpaired) electrons. The van der Waals surface area contributed by atoms with E-state index in [9.17, 15) is 14.3 Å². The SMILES string of the molecule is CC(c1cncc(F)c1)N1CC2CCCC2C1C(=O)O. The van der Waals surface area contributed by atoms with Crippen LogP contribution in [0.5, 0.6) is 0 Å². The molecule has 4 nitrogen and oxygen atoms in total. The number of fused-ring (bicyclic) bond motifs is 1. The van der Waals surface area contributed by atoms with Crippen molar-refractivity contribution in [2.24, 2.45) is 11.8 Å². The van der Waals surface area contributed by atoms with E-state index < -0.39 is 12.0 Å². The lowest BCUT2D eigenvalue weighted by Gasteiger charge is -2.30. The summed E-state index contributed by atoms with van der Waals surface area (Å²) < 4.78 is 13.3. The second-order valence-corrected chi connectivity index (χ2v) is 5.95. The molecule has 5 heteroatoms. The van der Waals surface area contributed by atoms with Crippen LogP contribution in [0.1, 0.15) is 37.8 Å². The molecule has 1 aliphatic heterocycles. The second kappa shape index (κ2) is 5.13. The van der Waals surface area contributed by atoms with Crippen LogP contribution in [0.25, 0.3) is 0 Å². The van der Waals surface area contributed by atoms with E-state index in [-0.39, 0.29) is 17.8 Å². The molecule has 0 spiro atoms. The highest BCUT2D eigenvalue weighted by Crippen LogP contribution is 2.45. The Labute approximate surface area is 117 Å².